The van der Waals surface area contributed by atoms with E-state index in [1.807, 2.05) is 37.3 Å². The van der Waals surface area contributed by atoms with Gasteiger partial charge in [-0.25, -0.2) is 15.0 Å². The van der Waals surface area contributed by atoms with Crippen LogP contribution in [0.5, 0.6) is 0 Å². The van der Waals surface area contributed by atoms with E-state index in [2.05, 4.69) is 51.0 Å². The van der Waals surface area contributed by atoms with Crippen molar-refractivity contribution in [3.8, 4) is 21.8 Å². The fourth-order valence-corrected chi connectivity index (χ4v) is 3.53. The summed E-state index contributed by atoms with van der Waals surface area (Å²) in [6, 6.07) is 20.4. The molecule has 1 N–H and O–H groups in total. The minimum Gasteiger partial charge on any atom is -0.379 e. The van der Waals surface area contributed by atoms with Gasteiger partial charge in [-0.05, 0) is 25.1 Å². The lowest BCUT2D eigenvalue weighted by Crippen LogP contribution is -2.00. The first-order chi connectivity index (χ1) is 12.8. The van der Waals surface area contributed by atoms with E-state index >= 15 is 0 Å². The van der Waals surface area contributed by atoms with Crippen LogP contribution in [0.4, 0.5) is 5.69 Å². The van der Waals surface area contributed by atoms with Crippen molar-refractivity contribution >= 4 is 17.0 Å². The summed E-state index contributed by atoms with van der Waals surface area (Å²) in [5.41, 5.74) is 5.25. The Bertz CT molecular complexity index is 1010. The average molecular weight is 358 g/mol. The summed E-state index contributed by atoms with van der Waals surface area (Å²) < 4.78 is 0. The molecule has 0 atom stereocenters. The predicted octanol–water partition coefficient (Wildman–Crippen LogP) is 5.19. The van der Waals surface area contributed by atoms with Crippen molar-refractivity contribution in [3.63, 3.8) is 0 Å². The van der Waals surface area contributed by atoms with Crippen LogP contribution >= 0.6 is 11.3 Å². The quantitative estimate of drug-likeness (QED) is 0.533. The SMILES string of the molecule is Cc1nccc(-c2cccc(NCc3csc(-c4ccccc4)n3)c2)n1. The Morgan fingerprint density at radius 3 is 2.62 bits per heavy atom. The summed E-state index contributed by atoms with van der Waals surface area (Å²) in [6.07, 6.45) is 1.79. The van der Waals surface area contributed by atoms with Crippen LogP contribution in [0.25, 0.3) is 21.8 Å². The van der Waals surface area contributed by atoms with E-state index in [-0.39, 0.29) is 0 Å². The van der Waals surface area contributed by atoms with Gasteiger partial charge in [0.05, 0.1) is 17.9 Å². The molecule has 2 aromatic heterocycles. The molecule has 128 valence electrons. The molecule has 2 aromatic carbocycles. The number of aromatic nitrogens is 3. The monoisotopic (exact) mass is 358 g/mol. The summed E-state index contributed by atoms with van der Waals surface area (Å²) in [7, 11) is 0. The molecule has 0 bridgehead atoms. The second-order valence-corrected chi connectivity index (χ2v) is 6.79. The molecular formula is C21H18N4S. The van der Waals surface area contributed by atoms with E-state index in [9.17, 15) is 0 Å². The molecule has 0 radical (unpaired) electrons. The molecule has 0 fully saturated rings. The highest BCUT2D eigenvalue weighted by Gasteiger charge is 2.05. The van der Waals surface area contributed by atoms with E-state index < -0.39 is 0 Å². The number of aryl methyl sites for hydroxylation is 1. The molecule has 26 heavy (non-hydrogen) atoms. The smallest absolute Gasteiger partial charge is 0.125 e. The molecule has 0 saturated carbocycles. The van der Waals surface area contributed by atoms with Crippen molar-refractivity contribution in [1.29, 1.82) is 0 Å². The summed E-state index contributed by atoms with van der Waals surface area (Å²) in [5.74, 6) is 0.775. The number of thiazole rings is 1. The highest BCUT2D eigenvalue weighted by atomic mass is 32.1. The van der Waals surface area contributed by atoms with Gasteiger partial charge >= 0.3 is 0 Å². The minimum atomic E-state index is 0.690. The van der Waals surface area contributed by atoms with E-state index in [1.54, 1.807) is 17.5 Å². The van der Waals surface area contributed by atoms with E-state index in [4.69, 9.17) is 4.98 Å². The Morgan fingerprint density at radius 2 is 1.77 bits per heavy atom. The third-order valence-electron chi connectivity index (χ3n) is 3.98. The third-order valence-corrected chi connectivity index (χ3v) is 4.92. The molecule has 4 aromatic rings. The summed E-state index contributed by atoms with van der Waals surface area (Å²) in [5, 5.41) is 6.60. The van der Waals surface area contributed by atoms with Crippen LogP contribution in [0.15, 0.2) is 72.2 Å². The predicted molar refractivity (Wildman–Crippen MR) is 107 cm³/mol. The lowest BCUT2D eigenvalue weighted by molar-refractivity contribution is 1.06. The zero-order valence-corrected chi connectivity index (χ0v) is 15.2. The Kier molecular flexibility index (Phi) is 4.71. The van der Waals surface area contributed by atoms with Gasteiger partial charge in [-0.3, -0.25) is 0 Å². The van der Waals surface area contributed by atoms with Gasteiger partial charge in [-0.15, -0.1) is 11.3 Å². The number of anilines is 1. The molecule has 0 amide bonds. The molecular weight excluding hydrogens is 340 g/mol. The van der Waals surface area contributed by atoms with Gasteiger partial charge in [-0.1, -0.05) is 42.5 Å². The molecule has 4 nitrogen and oxygen atoms in total. The lowest BCUT2D eigenvalue weighted by atomic mass is 10.1. The molecule has 0 aliphatic heterocycles. The van der Waals surface area contributed by atoms with Crippen LogP contribution in [0.2, 0.25) is 0 Å². The Morgan fingerprint density at radius 1 is 0.923 bits per heavy atom. The summed E-state index contributed by atoms with van der Waals surface area (Å²) in [6.45, 7) is 2.59. The number of rotatable bonds is 5. The molecule has 0 aliphatic rings. The van der Waals surface area contributed by atoms with Gasteiger partial charge in [-0.2, -0.15) is 0 Å². The Balaban J connectivity index is 1.47. The number of benzene rings is 2. The minimum absolute atomic E-state index is 0.690. The van der Waals surface area contributed by atoms with Crippen molar-refractivity contribution in [3.05, 3.63) is 83.8 Å². The van der Waals surface area contributed by atoms with Crippen molar-refractivity contribution in [2.24, 2.45) is 0 Å². The molecule has 0 aliphatic carbocycles. The normalized spacial score (nSPS) is 10.7. The fraction of sp³-hybridized carbons (Fsp3) is 0.0952. The van der Waals surface area contributed by atoms with Crippen LogP contribution in [0.3, 0.4) is 0 Å². The molecule has 4 rings (SSSR count). The number of hydrogen-bond donors (Lipinski definition) is 1. The number of nitrogens with zero attached hydrogens (tertiary/aromatic N) is 3. The number of hydrogen-bond acceptors (Lipinski definition) is 5. The first-order valence-corrected chi connectivity index (χ1v) is 9.30. The van der Waals surface area contributed by atoms with Crippen LogP contribution in [0, 0.1) is 6.92 Å². The molecule has 2 heterocycles. The van der Waals surface area contributed by atoms with Gasteiger partial charge in [0.1, 0.15) is 10.8 Å². The van der Waals surface area contributed by atoms with Gasteiger partial charge in [0, 0.05) is 28.4 Å². The molecule has 0 saturated heterocycles. The maximum atomic E-state index is 4.72. The third kappa shape index (κ3) is 3.78. The highest BCUT2D eigenvalue weighted by molar-refractivity contribution is 7.13. The second-order valence-electron chi connectivity index (χ2n) is 5.93. The number of nitrogens with one attached hydrogen (secondary N) is 1. The highest BCUT2D eigenvalue weighted by Crippen LogP contribution is 2.24. The van der Waals surface area contributed by atoms with Crippen molar-refractivity contribution in [2.45, 2.75) is 13.5 Å². The zero-order chi connectivity index (χ0) is 17.8. The van der Waals surface area contributed by atoms with Crippen molar-refractivity contribution < 1.29 is 0 Å². The second kappa shape index (κ2) is 7.45. The van der Waals surface area contributed by atoms with E-state index in [0.717, 1.165) is 39.0 Å². The zero-order valence-electron chi connectivity index (χ0n) is 14.4. The van der Waals surface area contributed by atoms with Gasteiger partial charge in [0.15, 0.2) is 0 Å². The Hall–Kier alpha value is -3.05. The molecule has 0 unspecified atom stereocenters. The maximum absolute atomic E-state index is 4.72. The first-order valence-electron chi connectivity index (χ1n) is 8.42. The van der Waals surface area contributed by atoms with Crippen LogP contribution < -0.4 is 5.32 Å². The van der Waals surface area contributed by atoms with Crippen LogP contribution in [-0.2, 0) is 6.54 Å². The fourth-order valence-electron chi connectivity index (χ4n) is 2.70. The van der Waals surface area contributed by atoms with E-state index in [0.29, 0.717) is 6.54 Å². The summed E-state index contributed by atoms with van der Waals surface area (Å²) >= 11 is 1.67. The van der Waals surface area contributed by atoms with Crippen LogP contribution in [-0.4, -0.2) is 15.0 Å². The molecule has 0 spiro atoms. The van der Waals surface area contributed by atoms with Gasteiger partial charge < -0.3 is 5.32 Å². The largest absolute Gasteiger partial charge is 0.379 e. The summed E-state index contributed by atoms with van der Waals surface area (Å²) in [4.78, 5) is 13.4. The maximum Gasteiger partial charge on any atom is 0.125 e. The van der Waals surface area contributed by atoms with Crippen LogP contribution in [0.1, 0.15) is 11.5 Å². The first kappa shape index (κ1) is 16.4. The Labute approximate surface area is 156 Å². The van der Waals surface area contributed by atoms with Crippen molar-refractivity contribution in [2.75, 3.05) is 5.32 Å². The van der Waals surface area contributed by atoms with Crippen molar-refractivity contribution in [1.82, 2.24) is 15.0 Å². The van der Waals surface area contributed by atoms with E-state index in [1.165, 1.54) is 0 Å². The van der Waals surface area contributed by atoms with Gasteiger partial charge in [0.2, 0.25) is 0 Å². The standard InChI is InChI=1S/C21H18N4S/c1-15-22-11-10-20(24-15)17-8-5-9-18(12-17)23-13-19-14-26-21(25-19)16-6-3-2-4-7-16/h2-12,14,23H,13H2,1H3. The molecule has 5 heteroatoms. The van der Waals surface area contributed by atoms with Gasteiger partial charge in [0.25, 0.3) is 0 Å². The lowest BCUT2D eigenvalue weighted by Gasteiger charge is -2.07. The topological polar surface area (TPSA) is 50.7 Å². The average Bonchev–Trinajstić information content (AvgIpc) is 3.16.